The second-order valence-corrected chi connectivity index (χ2v) is 5.69. The summed E-state index contributed by atoms with van der Waals surface area (Å²) in [4.78, 5) is 21.1. The fraction of sp³-hybridized carbons (Fsp3) is 0.133. The van der Waals surface area contributed by atoms with E-state index < -0.39 is 34.1 Å². The number of ether oxygens (including phenoxy) is 2. The number of benzene rings is 2. The molecule has 26 heavy (non-hydrogen) atoms. The third kappa shape index (κ3) is 4.04. The standard InChI is InChI=1S/C15H9BrF3NO6/c1-25-12-5-7(14(21)22)4-9(16)13(12)26-11-3-2-8(15(17,18)19)6-10(11)20(23)24/h2-6H,1H3,(H,21,22). The monoisotopic (exact) mass is 435 g/mol. The lowest BCUT2D eigenvalue weighted by atomic mass is 10.1. The summed E-state index contributed by atoms with van der Waals surface area (Å²) >= 11 is 3.05. The van der Waals surface area contributed by atoms with E-state index in [1.807, 2.05) is 0 Å². The molecule has 0 unspecified atom stereocenters. The van der Waals surface area contributed by atoms with E-state index in [0.717, 1.165) is 18.2 Å². The zero-order chi connectivity index (χ0) is 19.6. The number of nitrogens with zero attached hydrogens (tertiary/aromatic N) is 1. The number of nitro benzene ring substituents is 1. The summed E-state index contributed by atoms with van der Waals surface area (Å²) < 4.78 is 48.7. The van der Waals surface area contributed by atoms with Gasteiger partial charge in [0.1, 0.15) is 0 Å². The molecule has 138 valence electrons. The van der Waals surface area contributed by atoms with Crippen LogP contribution < -0.4 is 9.47 Å². The molecule has 11 heteroatoms. The minimum atomic E-state index is -4.76. The Morgan fingerprint density at radius 3 is 2.38 bits per heavy atom. The molecule has 0 heterocycles. The summed E-state index contributed by atoms with van der Waals surface area (Å²) in [5.41, 5.74) is -2.26. The molecule has 1 N–H and O–H groups in total. The molecule has 0 amide bonds. The van der Waals surface area contributed by atoms with E-state index >= 15 is 0 Å². The van der Waals surface area contributed by atoms with Crippen LogP contribution in [-0.4, -0.2) is 23.1 Å². The quantitative estimate of drug-likeness (QED) is 0.530. The number of rotatable bonds is 5. The molecule has 2 rings (SSSR count). The summed E-state index contributed by atoms with van der Waals surface area (Å²) in [5, 5.41) is 20.1. The van der Waals surface area contributed by atoms with Gasteiger partial charge in [-0.05, 0) is 40.2 Å². The van der Waals surface area contributed by atoms with Gasteiger partial charge in [0.05, 0.1) is 27.6 Å². The molecule has 0 bridgehead atoms. The Hall–Kier alpha value is -2.82. The van der Waals surface area contributed by atoms with Crippen molar-refractivity contribution in [3.8, 4) is 17.2 Å². The van der Waals surface area contributed by atoms with Crippen molar-refractivity contribution >= 4 is 27.6 Å². The summed E-state index contributed by atoms with van der Waals surface area (Å²) in [6, 6.07) is 4.06. The van der Waals surface area contributed by atoms with Crippen molar-refractivity contribution in [2.45, 2.75) is 6.18 Å². The number of aromatic carboxylic acids is 1. The van der Waals surface area contributed by atoms with Gasteiger partial charge < -0.3 is 14.6 Å². The largest absolute Gasteiger partial charge is 0.493 e. The number of hydrogen-bond acceptors (Lipinski definition) is 5. The van der Waals surface area contributed by atoms with Crippen LogP contribution in [0, 0.1) is 10.1 Å². The van der Waals surface area contributed by atoms with Gasteiger partial charge in [-0.15, -0.1) is 0 Å². The molecule has 0 aliphatic rings. The van der Waals surface area contributed by atoms with Gasteiger partial charge in [-0.3, -0.25) is 10.1 Å². The fourth-order valence-corrected chi connectivity index (χ4v) is 2.50. The first-order chi connectivity index (χ1) is 12.0. The van der Waals surface area contributed by atoms with Crippen molar-refractivity contribution in [2.24, 2.45) is 0 Å². The van der Waals surface area contributed by atoms with E-state index in [2.05, 4.69) is 15.9 Å². The van der Waals surface area contributed by atoms with Gasteiger partial charge in [0.15, 0.2) is 11.5 Å². The number of methoxy groups -OCH3 is 1. The molecule has 0 aromatic heterocycles. The van der Waals surface area contributed by atoms with Gasteiger partial charge >= 0.3 is 17.8 Å². The Kier molecular flexibility index (Phi) is 5.40. The van der Waals surface area contributed by atoms with Gasteiger partial charge in [-0.25, -0.2) is 4.79 Å². The molecular formula is C15H9BrF3NO6. The first-order valence-corrected chi connectivity index (χ1v) is 7.48. The SMILES string of the molecule is COc1cc(C(=O)O)cc(Br)c1Oc1ccc(C(F)(F)F)cc1[N+](=O)[O-]. The lowest BCUT2D eigenvalue weighted by Gasteiger charge is -2.14. The van der Waals surface area contributed by atoms with Crippen molar-refractivity contribution in [1.82, 2.24) is 0 Å². The number of hydrogen-bond donors (Lipinski definition) is 1. The average Bonchev–Trinajstić information content (AvgIpc) is 2.55. The van der Waals surface area contributed by atoms with Gasteiger partial charge in [0, 0.05) is 6.07 Å². The van der Waals surface area contributed by atoms with E-state index in [1.54, 1.807) is 0 Å². The predicted octanol–water partition coefficient (Wildman–Crippen LogP) is 4.88. The molecule has 2 aromatic rings. The van der Waals surface area contributed by atoms with Gasteiger partial charge in [0.2, 0.25) is 5.75 Å². The Morgan fingerprint density at radius 2 is 1.88 bits per heavy atom. The highest BCUT2D eigenvalue weighted by Crippen LogP contribution is 2.43. The maximum absolute atomic E-state index is 12.7. The molecule has 0 saturated carbocycles. The molecule has 7 nitrogen and oxygen atoms in total. The molecule has 2 aromatic carbocycles. The Labute approximate surface area is 152 Å². The Bertz CT molecular complexity index is 884. The smallest absolute Gasteiger partial charge is 0.416 e. The predicted molar refractivity (Wildman–Crippen MR) is 85.8 cm³/mol. The maximum Gasteiger partial charge on any atom is 0.416 e. The van der Waals surface area contributed by atoms with E-state index in [-0.39, 0.29) is 21.5 Å². The van der Waals surface area contributed by atoms with E-state index in [0.29, 0.717) is 12.1 Å². The zero-order valence-electron chi connectivity index (χ0n) is 12.8. The van der Waals surface area contributed by atoms with E-state index in [4.69, 9.17) is 14.6 Å². The highest BCUT2D eigenvalue weighted by atomic mass is 79.9. The third-order valence-corrected chi connectivity index (χ3v) is 3.76. The normalized spacial score (nSPS) is 11.1. The summed E-state index contributed by atoms with van der Waals surface area (Å²) in [6.45, 7) is 0. The lowest BCUT2D eigenvalue weighted by molar-refractivity contribution is -0.385. The van der Waals surface area contributed by atoms with E-state index in [9.17, 15) is 28.1 Å². The Morgan fingerprint density at radius 1 is 1.23 bits per heavy atom. The zero-order valence-corrected chi connectivity index (χ0v) is 14.4. The van der Waals surface area contributed by atoms with Gasteiger partial charge in [-0.2, -0.15) is 13.2 Å². The van der Waals surface area contributed by atoms with Crippen LogP contribution in [0.1, 0.15) is 15.9 Å². The molecule has 0 atom stereocenters. The number of alkyl halides is 3. The van der Waals surface area contributed by atoms with Crippen LogP contribution in [-0.2, 0) is 6.18 Å². The fourth-order valence-electron chi connectivity index (χ4n) is 1.98. The minimum absolute atomic E-state index is 0.0778. The molecule has 0 aliphatic heterocycles. The van der Waals surface area contributed by atoms with Crippen LogP contribution >= 0.6 is 15.9 Å². The molecule has 0 saturated heterocycles. The van der Waals surface area contributed by atoms with Crippen LogP contribution in [0.5, 0.6) is 17.2 Å². The number of nitro groups is 1. The van der Waals surface area contributed by atoms with Gasteiger partial charge in [0.25, 0.3) is 0 Å². The van der Waals surface area contributed by atoms with Crippen molar-refractivity contribution in [2.75, 3.05) is 7.11 Å². The maximum atomic E-state index is 12.7. The van der Waals surface area contributed by atoms with Crippen LogP contribution in [0.4, 0.5) is 18.9 Å². The number of carboxylic acid groups (broad SMARTS) is 1. The molecule has 0 fully saturated rings. The van der Waals surface area contributed by atoms with Crippen LogP contribution in [0.15, 0.2) is 34.8 Å². The number of carbonyl (C=O) groups is 1. The van der Waals surface area contributed by atoms with Crippen LogP contribution in [0.3, 0.4) is 0 Å². The summed E-state index contributed by atoms with van der Waals surface area (Å²) in [5.74, 6) is -1.92. The second-order valence-electron chi connectivity index (χ2n) is 4.83. The molecule has 0 radical (unpaired) electrons. The molecular weight excluding hydrogens is 427 g/mol. The minimum Gasteiger partial charge on any atom is -0.493 e. The first-order valence-electron chi connectivity index (χ1n) is 6.69. The van der Waals surface area contributed by atoms with E-state index in [1.165, 1.54) is 7.11 Å². The van der Waals surface area contributed by atoms with Crippen molar-refractivity contribution in [3.05, 3.63) is 56.0 Å². The molecule has 0 aliphatic carbocycles. The third-order valence-electron chi connectivity index (χ3n) is 3.17. The summed E-state index contributed by atoms with van der Waals surface area (Å²) in [7, 11) is 1.21. The number of carboxylic acids is 1. The van der Waals surface area contributed by atoms with Crippen molar-refractivity contribution < 1.29 is 37.5 Å². The first kappa shape index (κ1) is 19.5. The second kappa shape index (κ2) is 7.20. The highest BCUT2D eigenvalue weighted by molar-refractivity contribution is 9.10. The summed E-state index contributed by atoms with van der Waals surface area (Å²) in [6.07, 6.45) is -4.76. The topological polar surface area (TPSA) is 98.9 Å². The van der Waals surface area contributed by atoms with Crippen LogP contribution in [0.2, 0.25) is 0 Å². The molecule has 0 spiro atoms. The van der Waals surface area contributed by atoms with Crippen molar-refractivity contribution in [1.29, 1.82) is 0 Å². The van der Waals surface area contributed by atoms with Gasteiger partial charge in [-0.1, -0.05) is 0 Å². The van der Waals surface area contributed by atoms with Crippen molar-refractivity contribution in [3.63, 3.8) is 0 Å². The Balaban J connectivity index is 2.55. The number of halogens is 4. The highest BCUT2D eigenvalue weighted by Gasteiger charge is 2.33. The van der Waals surface area contributed by atoms with Crippen LogP contribution in [0.25, 0.3) is 0 Å². The average molecular weight is 436 g/mol. The lowest BCUT2D eigenvalue weighted by Crippen LogP contribution is -2.06.